The first-order valence-electron chi connectivity index (χ1n) is 8.61. The highest BCUT2D eigenvalue weighted by atomic mass is 16.5. The quantitative estimate of drug-likeness (QED) is 0.793. The van der Waals surface area contributed by atoms with Crippen molar-refractivity contribution in [3.8, 4) is 5.75 Å². The monoisotopic (exact) mass is 340 g/mol. The SMILES string of the molecule is COc1ccc([C@H]2CCCN2C(=O)NCCNc2ccccn2)cc1. The number of nitrogens with one attached hydrogen (secondary N) is 2. The molecule has 0 unspecified atom stereocenters. The number of aromatic nitrogens is 1. The Morgan fingerprint density at radius 2 is 2.08 bits per heavy atom. The van der Waals surface area contributed by atoms with Crippen LogP contribution < -0.4 is 15.4 Å². The van der Waals surface area contributed by atoms with Gasteiger partial charge in [-0.3, -0.25) is 0 Å². The van der Waals surface area contributed by atoms with Crippen LogP contribution >= 0.6 is 0 Å². The van der Waals surface area contributed by atoms with E-state index in [9.17, 15) is 4.79 Å². The Morgan fingerprint density at radius 3 is 2.80 bits per heavy atom. The number of urea groups is 1. The molecule has 1 aromatic carbocycles. The zero-order valence-electron chi connectivity index (χ0n) is 14.4. The van der Waals surface area contributed by atoms with Crippen LogP contribution in [0.1, 0.15) is 24.4 Å². The maximum absolute atomic E-state index is 12.5. The van der Waals surface area contributed by atoms with Crippen LogP contribution in [0.15, 0.2) is 48.7 Å². The smallest absolute Gasteiger partial charge is 0.317 e. The van der Waals surface area contributed by atoms with Gasteiger partial charge in [-0.15, -0.1) is 0 Å². The Kier molecular flexibility index (Phi) is 5.72. The molecule has 2 N–H and O–H groups in total. The van der Waals surface area contributed by atoms with E-state index in [4.69, 9.17) is 4.74 Å². The lowest BCUT2D eigenvalue weighted by molar-refractivity contribution is 0.193. The van der Waals surface area contributed by atoms with E-state index in [1.54, 1.807) is 13.3 Å². The second-order valence-electron chi connectivity index (χ2n) is 6.00. The first kappa shape index (κ1) is 17.1. The Bertz CT molecular complexity index is 676. The topological polar surface area (TPSA) is 66.5 Å². The number of pyridine rings is 1. The zero-order valence-corrected chi connectivity index (χ0v) is 14.4. The third-order valence-corrected chi connectivity index (χ3v) is 4.39. The third kappa shape index (κ3) is 4.41. The van der Waals surface area contributed by atoms with Gasteiger partial charge in [0, 0.05) is 25.8 Å². The van der Waals surface area contributed by atoms with Crippen LogP contribution in [-0.2, 0) is 0 Å². The predicted octanol–water partition coefficient (Wildman–Crippen LogP) is 3.05. The summed E-state index contributed by atoms with van der Waals surface area (Å²) in [5, 5.41) is 6.18. The summed E-state index contributed by atoms with van der Waals surface area (Å²) in [4.78, 5) is 18.6. The molecular weight excluding hydrogens is 316 g/mol. The maximum atomic E-state index is 12.5. The van der Waals surface area contributed by atoms with E-state index in [2.05, 4.69) is 15.6 Å². The third-order valence-electron chi connectivity index (χ3n) is 4.39. The van der Waals surface area contributed by atoms with E-state index in [1.165, 1.54) is 0 Å². The molecule has 1 aliphatic heterocycles. The molecule has 0 spiro atoms. The van der Waals surface area contributed by atoms with E-state index in [-0.39, 0.29) is 12.1 Å². The number of rotatable bonds is 6. The minimum Gasteiger partial charge on any atom is -0.497 e. The van der Waals surface area contributed by atoms with Crippen LogP contribution in [0.2, 0.25) is 0 Å². The van der Waals surface area contributed by atoms with Gasteiger partial charge in [-0.1, -0.05) is 18.2 Å². The molecule has 0 radical (unpaired) electrons. The number of amides is 2. The lowest BCUT2D eigenvalue weighted by Crippen LogP contribution is -2.41. The van der Waals surface area contributed by atoms with Gasteiger partial charge in [-0.05, 0) is 42.7 Å². The van der Waals surface area contributed by atoms with Crippen molar-refractivity contribution in [2.75, 3.05) is 32.1 Å². The van der Waals surface area contributed by atoms with Gasteiger partial charge in [-0.25, -0.2) is 9.78 Å². The van der Waals surface area contributed by atoms with Crippen molar-refractivity contribution in [3.05, 3.63) is 54.2 Å². The zero-order chi connectivity index (χ0) is 17.5. The van der Waals surface area contributed by atoms with E-state index in [1.807, 2.05) is 47.4 Å². The highest BCUT2D eigenvalue weighted by Gasteiger charge is 2.29. The molecule has 1 fully saturated rings. The van der Waals surface area contributed by atoms with Crippen LogP contribution in [0.5, 0.6) is 5.75 Å². The Hall–Kier alpha value is -2.76. The first-order chi connectivity index (χ1) is 12.3. The van der Waals surface area contributed by atoms with Crippen molar-refractivity contribution in [2.24, 2.45) is 0 Å². The van der Waals surface area contributed by atoms with Crippen molar-refractivity contribution < 1.29 is 9.53 Å². The molecule has 2 amide bonds. The average molecular weight is 340 g/mol. The standard InChI is InChI=1S/C19H24N4O2/c1-25-16-9-7-15(8-10-16)17-5-4-14-23(17)19(24)22-13-12-21-18-6-2-3-11-20-18/h2-3,6-11,17H,4-5,12-14H2,1H3,(H,20,21)(H,22,24)/t17-/m1/s1. The van der Waals surface area contributed by atoms with Crippen molar-refractivity contribution in [1.82, 2.24) is 15.2 Å². The molecule has 1 aromatic heterocycles. The molecule has 0 saturated carbocycles. The Morgan fingerprint density at radius 1 is 1.24 bits per heavy atom. The summed E-state index contributed by atoms with van der Waals surface area (Å²) in [5.74, 6) is 1.65. The van der Waals surface area contributed by atoms with Crippen molar-refractivity contribution in [1.29, 1.82) is 0 Å². The second-order valence-corrected chi connectivity index (χ2v) is 6.00. The normalized spacial score (nSPS) is 16.5. The Balaban J connectivity index is 1.50. The summed E-state index contributed by atoms with van der Waals surface area (Å²) in [6.07, 6.45) is 3.76. The number of methoxy groups -OCH3 is 1. The molecule has 132 valence electrons. The minimum absolute atomic E-state index is 0.0128. The molecule has 2 heterocycles. The molecule has 6 nitrogen and oxygen atoms in total. The van der Waals surface area contributed by atoms with E-state index >= 15 is 0 Å². The molecule has 0 bridgehead atoms. The number of carbonyl (C=O) groups is 1. The fraction of sp³-hybridized carbons (Fsp3) is 0.368. The second kappa shape index (κ2) is 8.37. The lowest BCUT2D eigenvalue weighted by Gasteiger charge is -2.25. The average Bonchev–Trinajstić information content (AvgIpc) is 3.16. The molecule has 1 atom stereocenters. The fourth-order valence-electron chi connectivity index (χ4n) is 3.11. The molecule has 3 rings (SSSR count). The predicted molar refractivity (Wildman–Crippen MR) is 97.8 cm³/mol. The summed E-state index contributed by atoms with van der Waals surface area (Å²) < 4.78 is 5.20. The molecular formula is C19H24N4O2. The van der Waals surface area contributed by atoms with Gasteiger partial charge in [-0.2, -0.15) is 0 Å². The van der Waals surface area contributed by atoms with Crippen LogP contribution in [-0.4, -0.2) is 42.7 Å². The van der Waals surface area contributed by atoms with Crippen LogP contribution in [0, 0.1) is 0 Å². The molecule has 6 heteroatoms. The summed E-state index contributed by atoms with van der Waals surface area (Å²) in [5.41, 5.74) is 1.15. The van der Waals surface area contributed by atoms with Gasteiger partial charge in [0.1, 0.15) is 11.6 Å². The van der Waals surface area contributed by atoms with Gasteiger partial charge in [0.2, 0.25) is 0 Å². The van der Waals surface area contributed by atoms with Crippen molar-refractivity contribution in [2.45, 2.75) is 18.9 Å². The number of carbonyl (C=O) groups excluding carboxylic acids is 1. The number of hydrogen-bond acceptors (Lipinski definition) is 4. The van der Waals surface area contributed by atoms with Crippen LogP contribution in [0.25, 0.3) is 0 Å². The highest BCUT2D eigenvalue weighted by molar-refractivity contribution is 5.75. The molecule has 2 aromatic rings. The lowest BCUT2D eigenvalue weighted by atomic mass is 10.0. The number of likely N-dealkylation sites (tertiary alicyclic amines) is 1. The number of ether oxygens (including phenoxy) is 1. The van der Waals surface area contributed by atoms with Crippen LogP contribution in [0.4, 0.5) is 10.6 Å². The number of benzene rings is 1. The van der Waals surface area contributed by atoms with E-state index < -0.39 is 0 Å². The number of hydrogen-bond donors (Lipinski definition) is 2. The fourth-order valence-corrected chi connectivity index (χ4v) is 3.11. The number of nitrogens with zero attached hydrogens (tertiary/aromatic N) is 2. The summed E-state index contributed by atoms with van der Waals surface area (Å²) >= 11 is 0. The summed E-state index contributed by atoms with van der Waals surface area (Å²) in [6.45, 7) is 1.99. The van der Waals surface area contributed by atoms with Gasteiger partial charge < -0.3 is 20.3 Å². The minimum atomic E-state index is -0.0128. The number of anilines is 1. The maximum Gasteiger partial charge on any atom is 0.317 e. The molecule has 1 aliphatic rings. The van der Waals surface area contributed by atoms with Crippen molar-refractivity contribution >= 4 is 11.8 Å². The van der Waals surface area contributed by atoms with Gasteiger partial charge in [0.05, 0.1) is 13.2 Å². The molecule has 1 saturated heterocycles. The van der Waals surface area contributed by atoms with E-state index in [0.717, 1.165) is 36.5 Å². The van der Waals surface area contributed by atoms with Crippen molar-refractivity contribution in [3.63, 3.8) is 0 Å². The largest absolute Gasteiger partial charge is 0.497 e. The van der Waals surface area contributed by atoms with E-state index in [0.29, 0.717) is 13.1 Å². The first-order valence-corrected chi connectivity index (χ1v) is 8.61. The summed E-state index contributed by atoms with van der Waals surface area (Å²) in [7, 11) is 1.66. The Labute approximate surface area is 148 Å². The van der Waals surface area contributed by atoms with Gasteiger partial charge in [0.15, 0.2) is 0 Å². The van der Waals surface area contributed by atoms with Gasteiger partial charge >= 0.3 is 6.03 Å². The van der Waals surface area contributed by atoms with Crippen LogP contribution in [0.3, 0.4) is 0 Å². The van der Waals surface area contributed by atoms with Gasteiger partial charge in [0.25, 0.3) is 0 Å². The molecule has 25 heavy (non-hydrogen) atoms. The summed E-state index contributed by atoms with van der Waals surface area (Å²) in [6, 6.07) is 13.8. The molecule has 0 aliphatic carbocycles. The highest BCUT2D eigenvalue weighted by Crippen LogP contribution is 2.32.